The first-order chi connectivity index (χ1) is 62.6. The van der Waals surface area contributed by atoms with Crippen molar-refractivity contribution in [2.75, 3.05) is 129 Å². The second-order valence-electron chi connectivity index (χ2n) is 29.1. The van der Waals surface area contributed by atoms with E-state index in [1.807, 2.05) is 176 Å². The molecule has 12 aromatic rings. The van der Waals surface area contributed by atoms with Gasteiger partial charge in [0.2, 0.25) is 11.8 Å². The number of nitrogens with zero attached hydrogens (tertiary/aromatic N) is 13. The zero-order valence-electron chi connectivity index (χ0n) is 74.5. The molecule has 8 N–H and O–H groups in total. The van der Waals surface area contributed by atoms with Crippen molar-refractivity contribution in [2.24, 2.45) is 0 Å². The van der Waals surface area contributed by atoms with Crippen molar-refractivity contribution < 1.29 is 57.8 Å². The van der Waals surface area contributed by atoms with Gasteiger partial charge in [0.15, 0.2) is 0 Å². The summed E-state index contributed by atoms with van der Waals surface area (Å²) in [7, 11) is 15.2. The number of fused-ring (bicyclic) bond motifs is 3. The Morgan fingerprint density at radius 1 is 0.417 bits per heavy atom. The number of nitriles is 3. The number of benzene rings is 6. The predicted molar refractivity (Wildman–Crippen MR) is 525 cm³/mol. The summed E-state index contributed by atoms with van der Waals surface area (Å²) in [5.41, 5.74) is 17.1. The smallest absolute Gasteiger partial charge is 0.328 e. The number of anilines is 7. The van der Waals surface area contributed by atoms with Crippen LogP contribution in [0, 0.1) is 34.0 Å². The number of pyridine rings is 6. The third-order valence-electron chi connectivity index (χ3n) is 17.9. The molecular formula is C97H103Cl5N18O12. The maximum Gasteiger partial charge on any atom is 0.328 e. The summed E-state index contributed by atoms with van der Waals surface area (Å²) in [4.78, 5) is 78.7. The van der Waals surface area contributed by atoms with E-state index >= 15 is 0 Å². The van der Waals surface area contributed by atoms with Gasteiger partial charge in [-0.1, -0.05) is 83.4 Å². The van der Waals surface area contributed by atoms with E-state index in [1.165, 1.54) is 24.5 Å². The number of aliphatic carboxylic acids is 2. The van der Waals surface area contributed by atoms with Crippen LogP contribution in [0.4, 0.5) is 39.8 Å². The number of carbonyl (C=O) groups is 4. The molecule has 0 spiro atoms. The first kappa shape index (κ1) is 107. The summed E-state index contributed by atoms with van der Waals surface area (Å²) in [6, 6.07) is 50.2. The molecule has 0 radical (unpaired) electrons. The summed E-state index contributed by atoms with van der Waals surface area (Å²) in [6.45, 7) is 10.4. The zero-order valence-corrected chi connectivity index (χ0v) is 78.4. The van der Waals surface area contributed by atoms with Gasteiger partial charge in [0.1, 0.15) is 72.5 Å². The van der Waals surface area contributed by atoms with Gasteiger partial charge in [0.05, 0.1) is 114 Å². The van der Waals surface area contributed by atoms with Gasteiger partial charge in [-0.3, -0.25) is 39.5 Å². The minimum atomic E-state index is -0.892. The number of nitrogen functional groups attached to an aromatic ring is 1. The van der Waals surface area contributed by atoms with Gasteiger partial charge in [-0.25, -0.2) is 9.59 Å². The van der Waals surface area contributed by atoms with E-state index in [2.05, 4.69) is 69.4 Å². The van der Waals surface area contributed by atoms with E-state index in [4.69, 9.17) is 79.2 Å². The topological polar surface area (TPSA) is 400 Å². The summed E-state index contributed by atoms with van der Waals surface area (Å²) >= 11 is 19.5. The maximum absolute atomic E-state index is 12.6. The maximum atomic E-state index is 12.6. The van der Waals surface area contributed by atoms with Crippen LogP contribution in [0.5, 0.6) is 34.5 Å². The lowest BCUT2D eigenvalue weighted by molar-refractivity contribution is -0.132. The highest BCUT2D eigenvalue weighted by atomic mass is 35.5. The number of carbonyl (C=O) groups excluding carboxylic acids is 2. The van der Waals surface area contributed by atoms with Gasteiger partial charge >= 0.3 is 11.9 Å². The second kappa shape index (κ2) is 55.6. The van der Waals surface area contributed by atoms with Crippen LogP contribution in [0.1, 0.15) is 65.7 Å². The van der Waals surface area contributed by atoms with E-state index < -0.39 is 11.9 Å². The fourth-order valence-corrected chi connectivity index (χ4v) is 12.6. The highest BCUT2D eigenvalue weighted by Gasteiger charge is 2.21. The lowest BCUT2D eigenvalue weighted by Gasteiger charge is -2.16. The van der Waals surface area contributed by atoms with Crippen molar-refractivity contribution in [3.63, 3.8) is 0 Å². The molecule has 6 heterocycles. The van der Waals surface area contributed by atoms with Crippen molar-refractivity contribution in [1.82, 2.24) is 49.5 Å². The van der Waals surface area contributed by atoms with Crippen LogP contribution in [0.25, 0.3) is 32.7 Å². The van der Waals surface area contributed by atoms with Gasteiger partial charge in [-0.05, 0) is 198 Å². The van der Waals surface area contributed by atoms with Crippen LogP contribution < -0.4 is 55.4 Å². The molecule has 0 aliphatic carbocycles. The standard InChI is InChI=1S/2C30H29ClN6O3.C25H21ClN4O2.2C6H11NO2.2ClH/c2*1-4-39-28-16-25-23(15-26(28)36-29(38)9-7-13-37(2)3)30(20(17-32)18-34-25)35-21-10-11-27(24(31)14-21)40-19-22-8-5-6-12-33-22;1-2-31-25-12-23-20(11-22(25)28)19(17(13-27)14-30-23)9-16-6-7-24(21(26)10-16)32-15-18-5-3-4-8-29-18;2*1-7(2)5-3-4-6(8)9;;/h2*5-12,14-16,18H,4,13,19H2,1-3H3,(H,34,35)(H,36,38);3-8,10-12,14H,2,9,15,28H2,1H3;2*3-4H,5H2,1-2H3,(H,8,9);2*1H/b2*9-7+;;2*4-3+;;. The number of aromatic nitrogens is 6. The summed E-state index contributed by atoms with van der Waals surface area (Å²) in [5, 5.41) is 61.3. The molecule has 688 valence electrons. The van der Waals surface area contributed by atoms with E-state index in [1.54, 1.807) is 116 Å². The molecule has 6 aromatic heterocycles. The number of carboxylic acid groups (broad SMARTS) is 2. The third kappa shape index (κ3) is 34.7. The Kier molecular flexibility index (Phi) is 44.9. The minimum Gasteiger partial charge on any atom is -0.492 e. The number of hydrogen-bond donors (Lipinski definition) is 7. The van der Waals surface area contributed by atoms with Crippen molar-refractivity contribution in [3.05, 3.63) is 291 Å². The fraction of sp³-hybridized carbons (Fsp3) is 0.227. The third-order valence-corrected chi connectivity index (χ3v) is 18.7. The van der Waals surface area contributed by atoms with Gasteiger partial charge in [0, 0.05) is 133 Å². The largest absolute Gasteiger partial charge is 0.492 e. The number of hydrogen-bond acceptors (Lipinski definition) is 26. The van der Waals surface area contributed by atoms with Crippen molar-refractivity contribution >= 4 is 156 Å². The van der Waals surface area contributed by atoms with Crippen molar-refractivity contribution in [2.45, 2.75) is 47.0 Å². The Morgan fingerprint density at radius 3 is 1.11 bits per heavy atom. The molecule has 2 amide bonds. The van der Waals surface area contributed by atoms with Crippen LogP contribution in [0.2, 0.25) is 15.1 Å². The first-order valence-corrected chi connectivity index (χ1v) is 41.8. The number of nitrogens with two attached hydrogens (primary N) is 1. The predicted octanol–water partition coefficient (Wildman–Crippen LogP) is 18.4. The number of halogens is 5. The molecule has 0 saturated heterocycles. The molecule has 30 nitrogen and oxygen atoms in total. The van der Waals surface area contributed by atoms with E-state index in [0.29, 0.717) is 187 Å². The first-order valence-electron chi connectivity index (χ1n) is 40.7. The lowest BCUT2D eigenvalue weighted by Crippen LogP contribution is -2.13. The van der Waals surface area contributed by atoms with Crippen LogP contribution in [0.15, 0.2) is 231 Å². The molecular weight excluding hydrogens is 1790 g/mol. The molecule has 35 heteroatoms. The Hall–Kier alpha value is -14.2. The zero-order chi connectivity index (χ0) is 94.0. The van der Waals surface area contributed by atoms with Gasteiger partial charge in [-0.15, -0.1) is 24.8 Å². The second-order valence-corrected chi connectivity index (χ2v) is 30.4. The highest BCUT2D eigenvalue weighted by molar-refractivity contribution is 6.33. The van der Waals surface area contributed by atoms with E-state index in [-0.39, 0.29) is 49.8 Å². The molecule has 0 aliphatic heterocycles. The monoisotopic (exact) mass is 1890 g/mol. The van der Waals surface area contributed by atoms with Gasteiger partial charge in [-0.2, -0.15) is 15.8 Å². The average Bonchev–Trinajstić information content (AvgIpc) is 0.778. The average molecular weight is 1890 g/mol. The summed E-state index contributed by atoms with van der Waals surface area (Å²) in [6.07, 6.45) is 22.2. The molecule has 0 aliphatic rings. The van der Waals surface area contributed by atoms with Crippen molar-refractivity contribution in [3.8, 4) is 52.7 Å². The highest BCUT2D eigenvalue weighted by Crippen LogP contribution is 2.41. The number of carboxylic acids is 2. The molecule has 6 aromatic carbocycles. The number of rotatable bonds is 35. The summed E-state index contributed by atoms with van der Waals surface area (Å²) in [5.74, 6) is 0.748. The number of amides is 2. The van der Waals surface area contributed by atoms with E-state index in [0.717, 1.165) is 51.3 Å². The molecule has 12 rings (SSSR count). The lowest BCUT2D eigenvalue weighted by atomic mass is 9.96. The van der Waals surface area contributed by atoms with Crippen LogP contribution in [-0.2, 0) is 45.4 Å². The van der Waals surface area contributed by atoms with E-state index in [9.17, 15) is 35.0 Å². The van der Waals surface area contributed by atoms with Gasteiger partial charge in [0.25, 0.3) is 0 Å². The van der Waals surface area contributed by atoms with Crippen molar-refractivity contribution in [1.29, 1.82) is 15.8 Å². The summed E-state index contributed by atoms with van der Waals surface area (Å²) < 4.78 is 34.6. The van der Waals surface area contributed by atoms with Crippen LogP contribution in [-0.4, -0.2) is 186 Å². The molecule has 0 bridgehead atoms. The number of nitrogens with one attached hydrogen (secondary N) is 4. The number of ether oxygens (including phenoxy) is 6. The quantitative estimate of drug-likeness (QED) is 0.0143. The Labute approximate surface area is 794 Å². The van der Waals surface area contributed by atoms with Gasteiger partial charge < -0.3 is 85.2 Å². The number of likely N-dealkylation sites (N-methyl/N-ethyl adjacent to an activating group) is 4. The molecule has 132 heavy (non-hydrogen) atoms. The molecule has 0 saturated carbocycles. The minimum absolute atomic E-state index is 0. The fourth-order valence-electron chi connectivity index (χ4n) is 11.9. The molecule has 0 atom stereocenters. The molecule has 0 fully saturated rings. The Balaban J connectivity index is 0.000000277. The Bertz CT molecular complexity index is 5850. The Morgan fingerprint density at radius 2 is 0.765 bits per heavy atom. The SMILES string of the molecule is CCOc1cc2ncc(C#N)c(Cc3ccc(OCc4ccccn4)c(Cl)c3)c2cc1N.CCOc1cc2ncc(C#N)c(Nc3ccc(OCc4ccccn4)c(Cl)c3)c2cc1NC(=O)/C=C/CN(C)C.CCOc1cc2ncc(C#N)c(Nc3ccc(OCc4ccccn4)c(Cl)c3)c2cc1NC(=O)/C=C/CN(C)C.CN(C)C/C=C/C(=O)O.CN(C)C/C=C/C(=O)O.Cl.Cl. The normalized spacial score (nSPS) is 10.8. The molecule has 0 unspecified atom stereocenters. The van der Waals surface area contributed by atoms with Crippen LogP contribution in [0.3, 0.4) is 0 Å². The van der Waals surface area contributed by atoms with Crippen LogP contribution >= 0.6 is 59.6 Å².